The molecule has 1 amide bonds. The van der Waals surface area contributed by atoms with Gasteiger partial charge in [0.25, 0.3) is 0 Å². The molecule has 0 radical (unpaired) electrons. The molecule has 6 nitrogen and oxygen atoms in total. The zero-order valence-electron chi connectivity index (χ0n) is 17.0. The van der Waals surface area contributed by atoms with Crippen molar-refractivity contribution in [3.8, 4) is 5.75 Å². The van der Waals surface area contributed by atoms with E-state index in [2.05, 4.69) is 22.2 Å². The molecule has 0 fully saturated rings. The zero-order valence-corrected chi connectivity index (χ0v) is 19.4. The number of nitrogens with zero attached hydrogens (tertiary/aromatic N) is 2. The van der Waals surface area contributed by atoms with Crippen molar-refractivity contribution in [1.82, 2.24) is 15.5 Å². The average molecular weight is 528 g/mol. The highest BCUT2D eigenvalue weighted by Crippen LogP contribution is 2.24. The first kappa shape index (κ1) is 27.0. The van der Waals surface area contributed by atoms with Crippen LogP contribution in [0.15, 0.2) is 35.3 Å². The lowest BCUT2D eigenvalue weighted by Gasteiger charge is -2.16. The topological polar surface area (TPSA) is 66.0 Å². The Morgan fingerprint density at radius 1 is 1.24 bits per heavy atom. The van der Waals surface area contributed by atoms with Crippen LogP contribution in [0.2, 0.25) is 0 Å². The van der Waals surface area contributed by atoms with Crippen molar-refractivity contribution < 1.29 is 22.7 Å². The number of rotatable bonds is 8. The van der Waals surface area contributed by atoms with Gasteiger partial charge in [-0.25, -0.2) is 4.99 Å². The molecule has 0 heterocycles. The van der Waals surface area contributed by atoms with Gasteiger partial charge >= 0.3 is 6.18 Å². The molecule has 164 valence electrons. The number of benzene rings is 1. The fraction of sp³-hybridized carbons (Fsp3) is 0.474. The first-order chi connectivity index (χ1) is 13.0. The molecule has 0 saturated heterocycles. The summed E-state index contributed by atoms with van der Waals surface area (Å²) in [6, 6.07) is 4.99. The SMILES string of the molecule is C=C(C)CNC(=NCc1ccc(C)cc1OCC(F)(F)F)NCC(=O)N(C)C.I. The van der Waals surface area contributed by atoms with Crippen LogP contribution >= 0.6 is 24.0 Å². The molecule has 1 aromatic carbocycles. The summed E-state index contributed by atoms with van der Waals surface area (Å²) in [5, 5.41) is 5.92. The van der Waals surface area contributed by atoms with Crippen LogP contribution in [0.25, 0.3) is 0 Å². The second-order valence-electron chi connectivity index (χ2n) is 6.63. The molecule has 10 heteroatoms. The normalized spacial score (nSPS) is 11.3. The van der Waals surface area contributed by atoms with E-state index in [0.29, 0.717) is 18.1 Å². The molecule has 0 aliphatic heterocycles. The van der Waals surface area contributed by atoms with Gasteiger partial charge < -0.3 is 20.3 Å². The van der Waals surface area contributed by atoms with Gasteiger partial charge in [-0.05, 0) is 25.5 Å². The number of likely N-dealkylation sites (N-methyl/N-ethyl adjacent to an activating group) is 1. The van der Waals surface area contributed by atoms with Gasteiger partial charge in [0.1, 0.15) is 5.75 Å². The minimum Gasteiger partial charge on any atom is -0.484 e. The van der Waals surface area contributed by atoms with Crippen LogP contribution in [0.3, 0.4) is 0 Å². The summed E-state index contributed by atoms with van der Waals surface area (Å²) in [5.74, 6) is 0.333. The summed E-state index contributed by atoms with van der Waals surface area (Å²) in [4.78, 5) is 17.6. The molecule has 0 aromatic heterocycles. The predicted molar refractivity (Wildman–Crippen MR) is 119 cm³/mol. The Bertz CT molecular complexity index is 722. The summed E-state index contributed by atoms with van der Waals surface area (Å²) < 4.78 is 42.4. The molecule has 1 rings (SSSR count). The molecule has 0 unspecified atom stereocenters. The Kier molecular flexibility index (Phi) is 11.7. The van der Waals surface area contributed by atoms with E-state index >= 15 is 0 Å². The third-order valence-corrected chi connectivity index (χ3v) is 3.48. The molecule has 0 spiro atoms. The van der Waals surface area contributed by atoms with E-state index in [1.807, 2.05) is 6.92 Å². The molecule has 0 atom stereocenters. The Morgan fingerprint density at radius 2 is 1.86 bits per heavy atom. The van der Waals surface area contributed by atoms with E-state index in [1.165, 1.54) is 4.90 Å². The van der Waals surface area contributed by atoms with Crippen molar-refractivity contribution in [3.05, 3.63) is 41.5 Å². The minimum absolute atomic E-state index is 0. The van der Waals surface area contributed by atoms with Crippen molar-refractivity contribution in [1.29, 1.82) is 0 Å². The maximum atomic E-state index is 12.5. The number of ether oxygens (including phenoxy) is 1. The first-order valence-electron chi connectivity index (χ1n) is 8.63. The van der Waals surface area contributed by atoms with Crippen LogP contribution in [0.5, 0.6) is 5.75 Å². The first-order valence-corrected chi connectivity index (χ1v) is 8.63. The van der Waals surface area contributed by atoms with Crippen LogP contribution in [-0.4, -0.2) is 56.7 Å². The van der Waals surface area contributed by atoms with Gasteiger partial charge in [-0.3, -0.25) is 4.79 Å². The maximum Gasteiger partial charge on any atom is 0.422 e. The zero-order chi connectivity index (χ0) is 21.3. The van der Waals surface area contributed by atoms with Crippen LogP contribution in [0.4, 0.5) is 13.2 Å². The number of halogens is 4. The van der Waals surface area contributed by atoms with Crippen LogP contribution in [0, 0.1) is 6.92 Å². The van der Waals surface area contributed by atoms with E-state index < -0.39 is 12.8 Å². The molecule has 0 aliphatic rings. The van der Waals surface area contributed by atoms with Crippen molar-refractivity contribution >= 4 is 35.8 Å². The number of carbonyl (C=O) groups is 1. The summed E-state index contributed by atoms with van der Waals surface area (Å²) >= 11 is 0. The highest BCUT2D eigenvalue weighted by atomic mass is 127. The van der Waals surface area contributed by atoms with E-state index in [-0.39, 0.29) is 48.7 Å². The lowest BCUT2D eigenvalue weighted by Crippen LogP contribution is -2.43. The second-order valence-corrected chi connectivity index (χ2v) is 6.63. The van der Waals surface area contributed by atoms with Gasteiger partial charge in [-0.2, -0.15) is 13.2 Å². The molecule has 0 saturated carbocycles. The second kappa shape index (κ2) is 12.6. The fourth-order valence-electron chi connectivity index (χ4n) is 1.98. The molecular formula is C19H28F3IN4O2. The summed E-state index contributed by atoms with van der Waals surface area (Å²) in [6.07, 6.45) is -4.42. The molecule has 1 aromatic rings. The smallest absolute Gasteiger partial charge is 0.422 e. The Hall–Kier alpha value is -1.98. The number of alkyl halides is 3. The number of hydrogen-bond acceptors (Lipinski definition) is 3. The number of carbonyl (C=O) groups excluding carboxylic acids is 1. The van der Waals surface area contributed by atoms with Gasteiger partial charge in [0.05, 0.1) is 13.1 Å². The number of amides is 1. The summed E-state index contributed by atoms with van der Waals surface area (Å²) in [7, 11) is 3.28. The van der Waals surface area contributed by atoms with Crippen LogP contribution in [-0.2, 0) is 11.3 Å². The highest BCUT2D eigenvalue weighted by molar-refractivity contribution is 14.0. The molecule has 0 aliphatic carbocycles. The lowest BCUT2D eigenvalue weighted by molar-refractivity contribution is -0.153. The monoisotopic (exact) mass is 528 g/mol. The van der Waals surface area contributed by atoms with Gasteiger partial charge in [0.2, 0.25) is 5.91 Å². The van der Waals surface area contributed by atoms with Crippen molar-refractivity contribution in [2.24, 2.45) is 4.99 Å². The lowest BCUT2D eigenvalue weighted by atomic mass is 10.1. The van der Waals surface area contributed by atoms with Gasteiger partial charge in [-0.15, -0.1) is 24.0 Å². The molecule has 0 bridgehead atoms. The third kappa shape index (κ3) is 11.6. The summed E-state index contributed by atoms with van der Waals surface area (Å²) in [6.45, 7) is 6.56. The maximum absolute atomic E-state index is 12.5. The largest absolute Gasteiger partial charge is 0.484 e. The van der Waals surface area contributed by atoms with Gasteiger partial charge in [0.15, 0.2) is 12.6 Å². The Morgan fingerprint density at radius 3 is 2.41 bits per heavy atom. The van der Waals surface area contributed by atoms with E-state index in [0.717, 1.165) is 11.1 Å². The van der Waals surface area contributed by atoms with Crippen LogP contribution in [0.1, 0.15) is 18.1 Å². The van der Waals surface area contributed by atoms with E-state index in [1.54, 1.807) is 39.2 Å². The quantitative estimate of drug-likeness (QED) is 0.236. The van der Waals surface area contributed by atoms with Gasteiger partial charge in [-0.1, -0.05) is 24.3 Å². The van der Waals surface area contributed by atoms with Crippen molar-refractivity contribution in [2.75, 3.05) is 33.8 Å². The number of hydrogen-bond donors (Lipinski definition) is 2. The minimum atomic E-state index is -4.42. The van der Waals surface area contributed by atoms with Crippen LogP contribution < -0.4 is 15.4 Å². The van der Waals surface area contributed by atoms with Crippen molar-refractivity contribution in [2.45, 2.75) is 26.6 Å². The number of aliphatic imine (C=N–C) groups is 1. The summed E-state index contributed by atoms with van der Waals surface area (Å²) in [5.41, 5.74) is 2.14. The third-order valence-electron chi connectivity index (χ3n) is 3.48. The predicted octanol–water partition coefficient (Wildman–Crippen LogP) is 3.25. The number of guanidine groups is 1. The Labute approximate surface area is 186 Å². The van der Waals surface area contributed by atoms with E-state index in [9.17, 15) is 18.0 Å². The number of aryl methyl sites for hydroxylation is 1. The van der Waals surface area contributed by atoms with E-state index in [4.69, 9.17) is 4.74 Å². The molecule has 29 heavy (non-hydrogen) atoms. The number of nitrogens with one attached hydrogen (secondary N) is 2. The molecular weight excluding hydrogens is 500 g/mol. The standard InChI is InChI=1S/C19H27F3N4O2.HI/c1-13(2)9-23-18(25-11-17(27)26(4)5)24-10-15-7-6-14(3)8-16(15)28-12-19(20,21)22;/h6-8H,1,9-12H2,2-5H3,(H2,23,24,25);1H. The Balaban J connectivity index is 0.00000784. The highest BCUT2D eigenvalue weighted by Gasteiger charge is 2.28. The average Bonchev–Trinajstić information content (AvgIpc) is 2.59. The van der Waals surface area contributed by atoms with Crippen molar-refractivity contribution in [3.63, 3.8) is 0 Å². The molecule has 2 N–H and O–H groups in total. The fourth-order valence-corrected chi connectivity index (χ4v) is 1.98. The van der Waals surface area contributed by atoms with Gasteiger partial charge in [0, 0.05) is 26.2 Å².